The summed E-state index contributed by atoms with van der Waals surface area (Å²) in [5, 5.41) is 3.08. The first kappa shape index (κ1) is 17.3. The Bertz CT molecular complexity index is 912. The molecule has 0 spiro atoms. The summed E-state index contributed by atoms with van der Waals surface area (Å²) in [5.41, 5.74) is 2.34. The molecule has 1 fully saturated rings. The summed E-state index contributed by atoms with van der Waals surface area (Å²) in [6.45, 7) is 11.0. The van der Waals surface area contributed by atoms with Crippen LogP contribution in [0.3, 0.4) is 0 Å². The predicted octanol–water partition coefficient (Wildman–Crippen LogP) is 1.80. The van der Waals surface area contributed by atoms with Gasteiger partial charge in [-0.1, -0.05) is 6.92 Å². The Morgan fingerprint density at radius 3 is 2.54 bits per heavy atom. The molecular weight excluding hydrogens is 330 g/mol. The zero-order chi connectivity index (χ0) is 18.6. The van der Waals surface area contributed by atoms with Crippen LogP contribution in [0.4, 0.5) is 0 Å². The van der Waals surface area contributed by atoms with Crippen LogP contribution < -0.4 is 5.56 Å². The lowest BCUT2D eigenvalue weighted by atomic mass is 9.97. The highest BCUT2D eigenvalue weighted by Crippen LogP contribution is 2.28. The number of nitrogens with one attached hydrogen (secondary N) is 1. The molecule has 1 saturated heterocycles. The Balaban J connectivity index is 1.59. The molecule has 7 heteroatoms. The molecule has 0 aliphatic carbocycles. The lowest BCUT2D eigenvalue weighted by Gasteiger charge is -2.42. The van der Waals surface area contributed by atoms with E-state index >= 15 is 0 Å². The van der Waals surface area contributed by atoms with E-state index in [4.69, 9.17) is 0 Å². The SMILES string of the molecule is CCc1cc2nc3c(c(=O)n2[nH]1)CN(C1CCN(C(C)(C)C)CC1)C3=O. The number of likely N-dealkylation sites (tertiary alicyclic amines) is 1. The zero-order valence-electron chi connectivity index (χ0n) is 16.0. The molecule has 2 aromatic rings. The van der Waals surface area contributed by atoms with Crippen LogP contribution in [-0.4, -0.2) is 55.0 Å². The number of carbonyl (C=O) groups is 1. The van der Waals surface area contributed by atoms with Crippen LogP contribution in [0.15, 0.2) is 10.9 Å². The van der Waals surface area contributed by atoms with E-state index in [9.17, 15) is 9.59 Å². The molecule has 0 radical (unpaired) electrons. The highest BCUT2D eigenvalue weighted by atomic mass is 16.2. The lowest BCUT2D eigenvalue weighted by Crippen LogP contribution is -2.51. The number of carbonyl (C=O) groups excluding carboxylic acids is 1. The molecule has 1 N–H and O–H groups in total. The highest BCUT2D eigenvalue weighted by molar-refractivity contribution is 5.97. The number of hydrogen-bond donors (Lipinski definition) is 1. The Morgan fingerprint density at radius 1 is 1.23 bits per heavy atom. The van der Waals surface area contributed by atoms with Crippen molar-refractivity contribution >= 4 is 11.6 Å². The third kappa shape index (κ3) is 2.65. The maximum atomic E-state index is 12.9. The summed E-state index contributed by atoms with van der Waals surface area (Å²) in [6, 6.07) is 2.03. The number of aromatic amines is 1. The van der Waals surface area contributed by atoms with E-state index in [1.807, 2.05) is 17.9 Å². The number of nitrogens with zero attached hydrogens (tertiary/aromatic N) is 4. The lowest BCUT2D eigenvalue weighted by molar-refractivity contribution is 0.0444. The summed E-state index contributed by atoms with van der Waals surface area (Å²) < 4.78 is 1.47. The third-order valence-corrected chi connectivity index (χ3v) is 5.79. The van der Waals surface area contributed by atoms with Crippen LogP contribution in [0, 0.1) is 0 Å². The van der Waals surface area contributed by atoms with E-state index in [0.29, 0.717) is 23.4 Å². The van der Waals surface area contributed by atoms with Crippen molar-refractivity contribution in [1.29, 1.82) is 0 Å². The average Bonchev–Trinajstić information content (AvgIpc) is 3.17. The Morgan fingerprint density at radius 2 is 1.92 bits per heavy atom. The molecule has 4 rings (SSSR count). The van der Waals surface area contributed by atoms with Gasteiger partial charge in [-0.2, -0.15) is 0 Å². The molecule has 4 heterocycles. The summed E-state index contributed by atoms with van der Waals surface area (Å²) in [6.07, 6.45) is 2.67. The van der Waals surface area contributed by atoms with Crippen LogP contribution in [0.1, 0.15) is 62.3 Å². The van der Waals surface area contributed by atoms with Gasteiger partial charge in [0.25, 0.3) is 11.5 Å². The van der Waals surface area contributed by atoms with Gasteiger partial charge >= 0.3 is 0 Å². The second kappa shape index (κ2) is 5.94. The van der Waals surface area contributed by atoms with Gasteiger partial charge in [0.1, 0.15) is 5.69 Å². The average molecular weight is 357 g/mol. The minimum absolute atomic E-state index is 0.0898. The van der Waals surface area contributed by atoms with Crippen LogP contribution in [-0.2, 0) is 13.0 Å². The molecule has 0 atom stereocenters. The minimum atomic E-state index is -0.146. The summed E-state index contributed by atoms with van der Waals surface area (Å²) in [7, 11) is 0. The van der Waals surface area contributed by atoms with Crippen molar-refractivity contribution in [3.05, 3.63) is 33.4 Å². The number of aromatic nitrogens is 3. The van der Waals surface area contributed by atoms with Gasteiger partial charge in [-0.3, -0.25) is 19.6 Å². The normalized spacial score (nSPS) is 19.5. The van der Waals surface area contributed by atoms with Gasteiger partial charge in [0, 0.05) is 36.4 Å². The Hall–Kier alpha value is -2.15. The van der Waals surface area contributed by atoms with Crippen molar-refractivity contribution in [3.63, 3.8) is 0 Å². The van der Waals surface area contributed by atoms with Gasteiger partial charge in [-0.05, 0) is 40.0 Å². The van der Waals surface area contributed by atoms with Crippen molar-refractivity contribution in [2.24, 2.45) is 0 Å². The monoisotopic (exact) mass is 357 g/mol. The van der Waals surface area contributed by atoms with E-state index in [-0.39, 0.29) is 23.0 Å². The van der Waals surface area contributed by atoms with Crippen molar-refractivity contribution < 1.29 is 4.79 Å². The fourth-order valence-electron chi connectivity index (χ4n) is 4.13. The van der Waals surface area contributed by atoms with Gasteiger partial charge < -0.3 is 4.90 Å². The molecule has 1 amide bonds. The second-order valence-electron chi connectivity index (χ2n) is 8.39. The van der Waals surface area contributed by atoms with Crippen molar-refractivity contribution in [2.75, 3.05) is 13.1 Å². The van der Waals surface area contributed by atoms with E-state index in [0.717, 1.165) is 38.0 Å². The first-order valence-electron chi connectivity index (χ1n) is 9.49. The number of hydrogen-bond acceptors (Lipinski definition) is 4. The first-order valence-corrected chi connectivity index (χ1v) is 9.49. The highest BCUT2D eigenvalue weighted by Gasteiger charge is 2.39. The molecule has 0 unspecified atom stereocenters. The van der Waals surface area contributed by atoms with Gasteiger partial charge in [0.2, 0.25) is 0 Å². The number of fused-ring (bicyclic) bond motifs is 2. The topological polar surface area (TPSA) is 73.7 Å². The maximum Gasteiger partial charge on any atom is 0.278 e. The molecule has 0 bridgehead atoms. The predicted molar refractivity (Wildman–Crippen MR) is 99.4 cm³/mol. The quantitative estimate of drug-likeness (QED) is 0.889. The molecular formula is C19H27N5O2. The number of amides is 1. The second-order valence-corrected chi connectivity index (χ2v) is 8.39. The van der Waals surface area contributed by atoms with Crippen LogP contribution in [0.25, 0.3) is 5.65 Å². The molecule has 26 heavy (non-hydrogen) atoms. The minimum Gasteiger partial charge on any atom is -0.330 e. The summed E-state index contributed by atoms with van der Waals surface area (Å²) in [5.74, 6) is -0.0898. The van der Waals surface area contributed by atoms with Crippen LogP contribution in [0.2, 0.25) is 0 Å². The number of aryl methyl sites for hydroxylation is 1. The van der Waals surface area contributed by atoms with Gasteiger partial charge in [-0.25, -0.2) is 9.50 Å². The fraction of sp³-hybridized carbons (Fsp3) is 0.632. The Kier molecular flexibility index (Phi) is 3.95. The fourth-order valence-corrected chi connectivity index (χ4v) is 4.13. The standard InChI is InChI=1S/C19H27N5O2/c1-5-12-10-15-20-16-14(17(25)24(15)21-12)11-23(18(16)26)13-6-8-22(9-7-13)19(2,3)4/h10,13,21H,5-9,11H2,1-4H3. The summed E-state index contributed by atoms with van der Waals surface area (Å²) in [4.78, 5) is 34.6. The smallest absolute Gasteiger partial charge is 0.278 e. The molecule has 2 aromatic heterocycles. The van der Waals surface area contributed by atoms with E-state index in [1.54, 1.807) is 0 Å². The van der Waals surface area contributed by atoms with Gasteiger partial charge in [0.05, 0.1) is 12.1 Å². The van der Waals surface area contributed by atoms with E-state index < -0.39 is 0 Å². The van der Waals surface area contributed by atoms with Gasteiger partial charge in [-0.15, -0.1) is 0 Å². The van der Waals surface area contributed by atoms with E-state index in [1.165, 1.54) is 4.52 Å². The first-order chi connectivity index (χ1) is 12.3. The molecule has 0 aromatic carbocycles. The largest absolute Gasteiger partial charge is 0.330 e. The number of piperidine rings is 1. The van der Waals surface area contributed by atoms with Crippen LogP contribution >= 0.6 is 0 Å². The van der Waals surface area contributed by atoms with Crippen molar-refractivity contribution in [2.45, 2.75) is 65.1 Å². The van der Waals surface area contributed by atoms with Gasteiger partial charge in [0.15, 0.2) is 5.65 Å². The molecule has 2 aliphatic rings. The Labute approximate surface area is 153 Å². The van der Waals surface area contributed by atoms with E-state index in [2.05, 4.69) is 35.8 Å². The number of rotatable bonds is 2. The zero-order valence-corrected chi connectivity index (χ0v) is 16.0. The van der Waals surface area contributed by atoms with Crippen molar-refractivity contribution in [1.82, 2.24) is 24.4 Å². The molecule has 2 aliphatic heterocycles. The molecule has 7 nitrogen and oxygen atoms in total. The van der Waals surface area contributed by atoms with Crippen LogP contribution in [0.5, 0.6) is 0 Å². The molecule has 140 valence electrons. The summed E-state index contributed by atoms with van der Waals surface area (Å²) >= 11 is 0. The van der Waals surface area contributed by atoms with Crippen molar-refractivity contribution in [3.8, 4) is 0 Å². The third-order valence-electron chi connectivity index (χ3n) is 5.79. The molecule has 0 saturated carbocycles. The maximum absolute atomic E-state index is 12.9. The number of H-pyrrole nitrogens is 1.